The smallest absolute Gasteiger partial charge is 0.238 e. The minimum Gasteiger partial charge on any atom is -0.278 e. The van der Waals surface area contributed by atoms with E-state index in [9.17, 15) is 0 Å². The van der Waals surface area contributed by atoms with Gasteiger partial charge in [-0.2, -0.15) is 9.97 Å². The topological polar surface area (TPSA) is 144 Å². The number of rotatable bonds is 8. The molecule has 3 aliphatic rings. The first kappa shape index (κ1) is 75.9. The number of aromatic nitrogens is 13. The average Bonchev–Trinajstić information content (AvgIpc) is 1.53. The van der Waals surface area contributed by atoms with Crippen molar-refractivity contribution in [1.82, 2.24) is 63.5 Å². The van der Waals surface area contributed by atoms with Crippen LogP contribution in [0.15, 0.2) is 383 Å². The van der Waals surface area contributed by atoms with Crippen LogP contribution in [0.3, 0.4) is 0 Å². The monoisotopic (exact) mass is 1670 g/mol. The lowest BCUT2D eigenvalue weighted by Crippen LogP contribution is -2.18. The number of para-hydroxylation sites is 4. The minimum absolute atomic E-state index is 0.320. The maximum Gasteiger partial charge on any atom is 0.238 e. The van der Waals surface area contributed by atoms with E-state index in [2.05, 4.69) is 359 Å². The predicted octanol–water partition coefficient (Wildman–Crippen LogP) is 28.2. The van der Waals surface area contributed by atoms with Crippen molar-refractivity contribution in [3.05, 3.63) is 416 Å². The summed E-state index contributed by atoms with van der Waals surface area (Å²) < 4.78 is 6.88. The first-order valence-electron chi connectivity index (χ1n) is 44.4. The van der Waals surface area contributed by atoms with E-state index in [1.807, 2.05) is 79.3 Å². The van der Waals surface area contributed by atoms with Crippen LogP contribution in [0.25, 0.3) is 216 Å². The summed E-state index contributed by atoms with van der Waals surface area (Å²) in [6, 6.07) is 127. The van der Waals surface area contributed by atoms with Crippen molar-refractivity contribution in [2.75, 3.05) is 0 Å². The summed E-state index contributed by atoms with van der Waals surface area (Å²) in [5.41, 5.74) is 28.8. The summed E-state index contributed by atoms with van der Waals surface area (Å²) in [4.78, 5) is 51.5. The van der Waals surface area contributed by atoms with Gasteiger partial charge in [-0.05, 0) is 114 Å². The molecule has 0 bridgehead atoms. The van der Waals surface area contributed by atoms with Gasteiger partial charge in [-0.15, -0.1) is 0 Å². The van der Waals surface area contributed by atoms with E-state index in [0.717, 1.165) is 106 Å². The second-order valence-electron chi connectivity index (χ2n) is 35.6. The van der Waals surface area contributed by atoms with Crippen LogP contribution >= 0.6 is 0 Å². The highest BCUT2D eigenvalue weighted by molar-refractivity contribution is 6.30. The minimum atomic E-state index is -0.349. The molecular formula is C117H81N13. The predicted molar refractivity (Wildman–Crippen MR) is 530 cm³/mol. The lowest BCUT2D eigenvalue weighted by Gasteiger charge is -2.23. The fourth-order valence-corrected chi connectivity index (χ4v) is 21.6. The summed E-state index contributed by atoms with van der Waals surface area (Å²) in [7, 11) is 0. The highest BCUT2D eigenvalue weighted by Gasteiger charge is 2.46. The van der Waals surface area contributed by atoms with Gasteiger partial charge in [0.1, 0.15) is 0 Å². The van der Waals surface area contributed by atoms with E-state index >= 15 is 0 Å². The Hall–Kier alpha value is -16.6. The van der Waals surface area contributed by atoms with Gasteiger partial charge in [0.05, 0.1) is 72.8 Å². The van der Waals surface area contributed by atoms with Gasteiger partial charge in [0.2, 0.25) is 17.8 Å². The summed E-state index contributed by atoms with van der Waals surface area (Å²) in [6.45, 7) is 13.8. The fraction of sp³-hybridized carbons (Fsp3) is 0.0769. The Kier molecular flexibility index (Phi) is 17.1. The zero-order chi connectivity index (χ0) is 86.8. The van der Waals surface area contributed by atoms with Gasteiger partial charge in [0.25, 0.3) is 0 Å². The summed E-state index contributed by atoms with van der Waals surface area (Å²) >= 11 is 0. The molecular weight excluding hydrogens is 1590 g/mol. The van der Waals surface area contributed by atoms with E-state index in [0.29, 0.717) is 29.5 Å². The van der Waals surface area contributed by atoms with E-state index in [1.54, 1.807) is 0 Å². The molecule has 15 aromatic carbocycles. The maximum absolute atomic E-state index is 5.35. The SMILES string of the molecule is CC1(C)c2ncccc2-c2c1c1c(c3ccccc23)c2ccccc2n1-c1nc(-c2ccccc2)c2ccccc2n1.CC1(C)c2ncccc2-c2c1c1c(c3ccccc23)c2ccccc2n1-c1nc(-c2ccccc2)cc(-c2ccccc2)n1.CC1(C)c2ncccc2-c2c1c1c(c3ccccc23)c2ccccc2n1-c1nc(-c2ccccc2)nc(-c2ccccc2)n1. The van der Waals surface area contributed by atoms with Gasteiger partial charge < -0.3 is 0 Å². The third kappa shape index (κ3) is 11.4. The number of hydrogen-bond acceptors (Lipinski definition) is 10. The number of hydrogen-bond donors (Lipinski definition) is 0. The van der Waals surface area contributed by atoms with Crippen LogP contribution in [0, 0.1) is 0 Å². The molecule has 3 aliphatic carbocycles. The molecule has 0 N–H and O–H groups in total. The first-order chi connectivity index (χ1) is 63.8. The van der Waals surface area contributed by atoms with Gasteiger partial charge in [-0.25, -0.2) is 24.9 Å². The summed E-state index contributed by atoms with van der Waals surface area (Å²) in [5, 5.41) is 15.7. The zero-order valence-electron chi connectivity index (χ0n) is 72.2. The Bertz CT molecular complexity index is 8360. The highest BCUT2D eigenvalue weighted by Crippen LogP contribution is 2.60. The van der Waals surface area contributed by atoms with Crippen LogP contribution in [0.2, 0.25) is 0 Å². The fourth-order valence-electron chi connectivity index (χ4n) is 21.6. The molecule has 0 spiro atoms. The van der Waals surface area contributed by atoms with Crippen molar-refractivity contribution in [2.24, 2.45) is 0 Å². The van der Waals surface area contributed by atoms with E-state index < -0.39 is 0 Å². The molecule has 13 nitrogen and oxygen atoms in total. The molecule has 9 aromatic heterocycles. The molecule has 0 saturated carbocycles. The quantitative estimate of drug-likeness (QED) is 0.144. The van der Waals surface area contributed by atoms with E-state index in [4.69, 9.17) is 49.8 Å². The standard InChI is InChI=1S/C40H28N4.C39H27N5.C38H26N4/c1-40(2)36-34(30-21-13-23-41-38(30)40)27-18-9-10-19-28(27)35-29-20-11-12-22-33(29)44(37(35)36)39-42-31(25-14-5-3-6-15-25)24-32(43-39)26-16-7-4-8-17-26;1-39(2)33-31(29-21-13-23-40-35(29)39)26-18-9-10-19-27(26)32-28-20-11-12-22-30(28)44(34(32)33)38-42-36(24-14-5-3-6-15-24)41-37(43-38)25-16-7-4-8-17-25;1-38(2)33-31(28-19-12-22-39-36(28)38)24-15-6-7-16-25(24)32-27-18-9-11-21-30(27)42(35(32)33)37-40-29-20-10-8-17-26(29)34(41-37)23-13-4-3-5-14-23/h3-24H,1-2H3;3-23H,1-2H3;3-22H,1-2H3. The lowest BCUT2D eigenvalue weighted by molar-refractivity contribution is 0.640. The van der Waals surface area contributed by atoms with Crippen molar-refractivity contribution in [1.29, 1.82) is 0 Å². The second-order valence-corrected chi connectivity index (χ2v) is 35.6. The van der Waals surface area contributed by atoms with Crippen molar-refractivity contribution in [2.45, 2.75) is 57.8 Å². The zero-order valence-corrected chi connectivity index (χ0v) is 72.2. The van der Waals surface area contributed by atoms with Gasteiger partial charge in [-0.1, -0.05) is 357 Å². The Balaban J connectivity index is 0.000000105. The second kappa shape index (κ2) is 29.2. The molecule has 0 aliphatic heterocycles. The molecule has 614 valence electrons. The van der Waals surface area contributed by atoms with Crippen LogP contribution < -0.4 is 0 Å². The van der Waals surface area contributed by atoms with Gasteiger partial charge in [0.15, 0.2) is 11.6 Å². The van der Waals surface area contributed by atoms with Crippen molar-refractivity contribution in [3.63, 3.8) is 0 Å². The molecule has 13 heteroatoms. The third-order valence-corrected chi connectivity index (χ3v) is 27.1. The summed E-state index contributed by atoms with van der Waals surface area (Å²) in [6.07, 6.45) is 5.74. The Morgan fingerprint density at radius 3 is 0.869 bits per heavy atom. The molecule has 0 unspecified atom stereocenters. The molecule has 0 fully saturated rings. The summed E-state index contributed by atoms with van der Waals surface area (Å²) in [5.74, 6) is 3.22. The number of pyridine rings is 3. The number of nitrogens with zero attached hydrogens (tertiary/aromatic N) is 13. The molecule has 0 atom stereocenters. The van der Waals surface area contributed by atoms with Gasteiger partial charge >= 0.3 is 0 Å². The van der Waals surface area contributed by atoms with Crippen LogP contribution in [0.4, 0.5) is 0 Å². The van der Waals surface area contributed by atoms with Crippen LogP contribution in [-0.2, 0) is 16.2 Å². The first-order valence-corrected chi connectivity index (χ1v) is 44.4. The number of benzene rings is 15. The highest BCUT2D eigenvalue weighted by atomic mass is 15.2. The van der Waals surface area contributed by atoms with E-state index in [-0.39, 0.29) is 16.2 Å². The molecule has 0 amide bonds. The lowest BCUT2D eigenvalue weighted by atomic mass is 9.82. The Morgan fingerprint density at radius 1 is 0.223 bits per heavy atom. The Morgan fingerprint density at radius 2 is 0.508 bits per heavy atom. The van der Waals surface area contributed by atoms with Crippen molar-refractivity contribution < 1.29 is 0 Å². The molecule has 24 aromatic rings. The van der Waals surface area contributed by atoms with Crippen LogP contribution in [0.1, 0.15) is 75.3 Å². The molecule has 0 saturated heterocycles. The maximum atomic E-state index is 5.35. The molecule has 130 heavy (non-hydrogen) atoms. The van der Waals surface area contributed by atoms with Crippen LogP contribution in [-0.4, -0.2) is 63.5 Å². The number of fused-ring (bicyclic) bond motifs is 31. The normalized spacial score (nSPS) is 13.5. The van der Waals surface area contributed by atoms with Crippen molar-refractivity contribution >= 4 is 109 Å². The van der Waals surface area contributed by atoms with Crippen molar-refractivity contribution in [3.8, 4) is 108 Å². The molecule has 27 rings (SSSR count). The third-order valence-electron chi connectivity index (χ3n) is 27.1. The van der Waals surface area contributed by atoms with Gasteiger partial charge in [0, 0.05) is 117 Å². The molecule has 9 heterocycles. The van der Waals surface area contributed by atoms with Gasteiger partial charge in [-0.3, -0.25) is 28.7 Å². The largest absolute Gasteiger partial charge is 0.278 e. The van der Waals surface area contributed by atoms with Crippen LogP contribution in [0.5, 0.6) is 0 Å². The Labute approximate surface area is 749 Å². The average molecular weight is 1670 g/mol. The van der Waals surface area contributed by atoms with E-state index in [1.165, 1.54) is 115 Å². The molecule has 0 radical (unpaired) electrons.